The predicted octanol–water partition coefficient (Wildman–Crippen LogP) is 2.72. The normalized spacial score (nSPS) is 19.5. The Balaban J connectivity index is 1.74. The van der Waals surface area contributed by atoms with Gasteiger partial charge in [0.2, 0.25) is 5.91 Å². The van der Waals surface area contributed by atoms with E-state index >= 15 is 0 Å². The Bertz CT molecular complexity index is 1240. The van der Waals surface area contributed by atoms with E-state index in [-0.39, 0.29) is 54.9 Å². The molecule has 2 aliphatic rings. The largest absolute Gasteiger partial charge is 0.481 e. The molecule has 4 rings (SSSR count). The average Bonchev–Trinajstić information content (AvgIpc) is 3.03. The molecule has 1 N–H and O–H groups in total. The van der Waals surface area contributed by atoms with E-state index in [0.29, 0.717) is 11.1 Å². The maximum atomic E-state index is 13.9. The van der Waals surface area contributed by atoms with E-state index in [1.54, 1.807) is 24.3 Å². The summed E-state index contributed by atoms with van der Waals surface area (Å²) in [7, 11) is 0. The number of nitriles is 1. The van der Waals surface area contributed by atoms with Crippen LogP contribution in [0.3, 0.4) is 0 Å². The number of benzene rings is 1. The topological polar surface area (TPSA) is 135 Å². The number of anilines is 1. The highest BCUT2D eigenvalue weighted by Crippen LogP contribution is 2.39. The maximum absolute atomic E-state index is 13.9. The van der Waals surface area contributed by atoms with E-state index in [1.807, 2.05) is 6.07 Å². The third-order valence-corrected chi connectivity index (χ3v) is 6.46. The molecule has 4 amide bonds. The SMILES string of the molecule is N#Cc1ccc(CC23CN(C(=O)CCC(=O)O)CCN2C(=O)N(c2cc(Cl)nc(Cl)c2)C3=O)cc1. The smallest absolute Gasteiger partial charge is 0.332 e. The minimum Gasteiger partial charge on any atom is -0.481 e. The van der Waals surface area contributed by atoms with Gasteiger partial charge in [-0.3, -0.25) is 14.4 Å². The summed E-state index contributed by atoms with van der Waals surface area (Å²) in [6, 6.07) is 10.8. The van der Waals surface area contributed by atoms with Crippen molar-refractivity contribution in [3.05, 3.63) is 57.8 Å². The molecule has 0 radical (unpaired) electrons. The van der Waals surface area contributed by atoms with Crippen molar-refractivity contribution in [1.29, 1.82) is 5.26 Å². The van der Waals surface area contributed by atoms with E-state index in [0.717, 1.165) is 4.90 Å². The minimum absolute atomic E-state index is 0.00425. The third kappa shape index (κ3) is 4.65. The number of carbonyl (C=O) groups excluding carboxylic acids is 3. The second kappa shape index (κ2) is 9.52. The first-order valence-corrected chi connectivity index (χ1v) is 11.4. The van der Waals surface area contributed by atoms with Crippen LogP contribution in [0.4, 0.5) is 10.5 Å². The number of carboxylic acid groups (broad SMARTS) is 1. The van der Waals surface area contributed by atoms with E-state index in [4.69, 9.17) is 33.6 Å². The first-order valence-electron chi connectivity index (χ1n) is 10.6. The number of nitrogens with zero attached hydrogens (tertiary/aromatic N) is 5. The molecule has 2 aliphatic heterocycles. The summed E-state index contributed by atoms with van der Waals surface area (Å²) in [5.74, 6) is -2.09. The van der Waals surface area contributed by atoms with Crippen molar-refractivity contribution in [3.63, 3.8) is 0 Å². The summed E-state index contributed by atoms with van der Waals surface area (Å²) in [6.45, 7) is 0.111. The number of halogens is 2. The Labute approximate surface area is 210 Å². The first kappa shape index (κ1) is 24.4. The molecule has 35 heavy (non-hydrogen) atoms. The first-order chi connectivity index (χ1) is 16.6. The van der Waals surface area contributed by atoms with Crippen molar-refractivity contribution in [1.82, 2.24) is 14.8 Å². The zero-order chi connectivity index (χ0) is 25.3. The van der Waals surface area contributed by atoms with Gasteiger partial charge in [-0.15, -0.1) is 0 Å². The van der Waals surface area contributed by atoms with Crippen LogP contribution in [0.1, 0.15) is 24.0 Å². The van der Waals surface area contributed by atoms with Gasteiger partial charge in [0.25, 0.3) is 5.91 Å². The zero-order valence-electron chi connectivity index (χ0n) is 18.3. The Morgan fingerprint density at radius 1 is 1.09 bits per heavy atom. The van der Waals surface area contributed by atoms with Gasteiger partial charge in [0.05, 0.1) is 30.3 Å². The van der Waals surface area contributed by atoms with Crippen LogP contribution in [0.5, 0.6) is 0 Å². The van der Waals surface area contributed by atoms with E-state index < -0.39 is 29.4 Å². The molecule has 1 unspecified atom stereocenters. The Morgan fingerprint density at radius 3 is 2.34 bits per heavy atom. The van der Waals surface area contributed by atoms with Crippen LogP contribution in [-0.4, -0.2) is 68.9 Å². The summed E-state index contributed by atoms with van der Waals surface area (Å²) in [6.07, 6.45) is -0.479. The molecular weight excluding hydrogens is 497 g/mol. The predicted molar refractivity (Wildman–Crippen MR) is 125 cm³/mol. The van der Waals surface area contributed by atoms with Gasteiger partial charge in [-0.1, -0.05) is 35.3 Å². The van der Waals surface area contributed by atoms with Crippen LogP contribution in [0, 0.1) is 11.3 Å². The minimum atomic E-state index is -1.44. The van der Waals surface area contributed by atoms with Crippen LogP contribution in [0.25, 0.3) is 0 Å². The molecule has 10 nitrogen and oxygen atoms in total. The van der Waals surface area contributed by atoms with Gasteiger partial charge in [-0.25, -0.2) is 14.7 Å². The van der Waals surface area contributed by atoms with Crippen molar-refractivity contribution in [2.75, 3.05) is 24.5 Å². The van der Waals surface area contributed by atoms with Crippen LogP contribution in [0.2, 0.25) is 10.3 Å². The lowest BCUT2D eigenvalue weighted by molar-refractivity contribution is -0.144. The molecule has 0 saturated carbocycles. The molecule has 2 saturated heterocycles. The summed E-state index contributed by atoms with van der Waals surface area (Å²) in [5, 5.41) is 18.0. The molecular formula is C23H19Cl2N5O5. The number of fused-ring (bicyclic) bond motifs is 1. The van der Waals surface area contributed by atoms with Crippen molar-refractivity contribution in [2.24, 2.45) is 0 Å². The number of piperazine rings is 1. The molecule has 1 aromatic heterocycles. The van der Waals surface area contributed by atoms with Gasteiger partial charge in [-0.05, 0) is 29.8 Å². The second-order valence-electron chi connectivity index (χ2n) is 8.27. The number of aliphatic carboxylic acids is 1. The van der Waals surface area contributed by atoms with Gasteiger partial charge in [-0.2, -0.15) is 5.26 Å². The van der Waals surface area contributed by atoms with Crippen LogP contribution < -0.4 is 4.90 Å². The second-order valence-corrected chi connectivity index (χ2v) is 9.05. The molecule has 12 heteroatoms. The number of hydrogen-bond acceptors (Lipinski definition) is 6. The number of pyridine rings is 1. The zero-order valence-corrected chi connectivity index (χ0v) is 19.8. The molecule has 180 valence electrons. The fourth-order valence-electron chi connectivity index (χ4n) is 4.45. The quantitative estimate of drug-likeness (QED) is 0.461. The van der Waals surface area contributed by atoms with Crippen LogP contribution in [-0.2, 0) is 20.8 Å². The number of carbonyl (C=O) groups is 4. The number of aromatic nitrogens is 1. The lowest BCUT2D eigenvalue weighted by Crippen LogP contribution is -2.65. The third-order valence-electron chi connectivity index (χ3n) is 6.08. The highest BCUT2D eigenvalue weighted by molar-refractivity contribution is 6.33. The van der Waals surface area contributed by atoms with Gasteiger partial charge in [0.15, 0.2) is 0 Å². The highest BCUT2D eigenvalue weighted by atomic mass is 35.5. The summed E-state index contributed by atoms with van der Waals surface area (Å²) >= 11 is 12.0. The lowest BCUT2D eigenvalue weighted by Gasteiger charge is -2.44. The van der Waals surface area contributed by atoms with E-state index in [9.17, 15) is 19.2 Å². The fraction of sp³-hybridized carbons (Fsp3) is 0.304. The highest BCUT2D eigenvalue weighted by Gasteiger charge is 2.60. The molecule has 0 aliphatic carbocycles. The maximum Gasteiger partial charge on any atom is 0.332 e. The molecule has 1 atom stereocenters. The van der Waals surface area contributed by atoms with Gasteiger partial charge in [0, 0.05) is 25.9 Å². The standard InChI is InChI=1S/C23H19Cl2N5O5/c24-17-9-16(10-18(25)27-17)30-21(34)23(11-14-1-3-15(12-26)4-2-14)13-28(7-8-29(23)22(30)35)19(31)5-6-20(32)33/h1-4,9-10H,5-8,11,13H2,(H,32,33). The van der Waals surface area contributed by atoms with Crippen molar-refractivity contribution in [3.8, 4) is 6.07 Å². The molecule has 2 aromatic rings. The van der Waals surface area contributed by atoms with Crippen molar-refractivity contribution >= 4 is 52.7 Å². The van der Waals surface area contributed by atoms with Gasteiger partial charge < -0.3 is 14.9 Å². The van der Waals surface area contributed by atoms with Crippen molar-refractivity contribution < 1.29 is 24.3 Å². The molecule has 1 aromatic carbocycles. The van der Waals surface area contributed by atoms with Gasteiger partial charge >= 0.3 is 12.0 Å². The monoisotopic (exact) mass is 515 g/mol. The molecule has 3 heterocycles. The molecule has 0 spiro atoms. The number of urea groups is 1. The summed E-state index contributed by atoms with van der Waals surface area (Å²) in [5.41, 5.74) is -0.163. The van der Waals surface area contributed by atoms with Crippen molar-refractivity contribution in [2.45, 2.75) is 24.8 Å². The average molecular weight is 516 g/mol. The summed E-state index contributed by atoms with van der Waals surface area (Å²) < 4.78 is 0. The number of imide groups is 1. The Morgan fingerprint density at radius 2 is 1.74 bits per heavy atom. The number of hydrogen-bond donors (Lipinski definition) is 1. The van der Waals surface area contributed by atoms with E-state index in [2.05, 4.69) is 4.98 Å². The Hall–Kier alpha value is -3.68. The number of rotatable bonds is 6. The summed E-state index contributed by atoms with van der Waals surface area (Å²) in [4.78, 5) is 58.8. The Kier molecular flexibility index (Phi) is 6.65. The van der Waals surface area contributed by atoms with Crippen LogP contribution in [0.15, 0.2) is 36.4 Å². The molecule has 0 bridgehead atoms. The lowest BCUT2D eigenvalue weighted by atomic mass is 9.86. The number of amides is 4. The van der Waals surface area contributed by atoms with Crippen LogP contribution >= 0.6 is 23.2 Å². The van der Waals surface area contributed by atoms with E-state index in [1.165, 1.54) is 21.9 Å². The fourth-order valence-corrected chi connectivity index (χ4v) is 4.90. The number of carboxylic acids is 1. The van der Waals surface area contributed by atoms with Gasteiger partial charge in [0.1, 0.15) is 15.8 Å². The molecule has 2 fully saturated rings.